The highest BCUT2D eigenvalue weighted by Crippen LogP contribution is 2.44. The number of cyclic esters (lactones) is 1. The maximum atomic E-state index is 12.3. The molecule has 0 amide bonds. The van der Waals surface area contributed by atoms with Crippen LogP contribution in [0.3, 0.4) is 0 Å². The molecule has 4 atom stereocenters. The summed E-state index contributed by atoms with van der Waals surface area (Å²) in [6.07, 6.45) is 2.63. The molecule has 0 saturated heterocycles. The van der Waals surface area contributed by atoms with Crippen molar-refractivity contribution >= 4 is 45.0 Å². The van der Waals surface area contributed by atoms with Crippen LogP contribution in [0.4, 0.5) is 0 Å². The van der Waals surface area contributed by atoms with E-state index in [9.17, 15) is 9.90 Å². The second-order valence-corrected chi connectivity index (χ2v) is 11.5. The lowest BCUT2D eigenvalue weighted by atomic mass is 9.75. The number of aromatic nitrogens is 2. The SMILES string of the molecule is CC1CCC(C(C)C)C(O[C@H]2OC(=O)C(Br)=C2Sc2nnc(-c3ccc(O)cc3)s2)C1. The van der Waals surface area contributed by atoms with Crippen LogP contribution in [0, 0.1) is 17.8 Å². The minimum Gasteiger partial charge on any atom is -0.508 e. The fraction of sp³-hybridized carbons (Fsp3) is 0.500. The molecule has 1 fully saturated rings. The number of phenolic OH excluding ortho intramolecular Hbond substituents is 1. The molecule has 1 aliphatic carbocycles. The molecule has 2 aliphatic rings. The van der Waals surface area contributed by atoms with Gasteiger partial charge in [0.25, 0.3) is 0 Å². The Balaban J connectivity index is 1.51. The molecule has 1 N–H and O–H groups in total. The van der Waals surface area contributed by atoms with E-state index in [1.54, 1.807) is 24.3 Å². The summed E-state index contributed by atoms with van der Waals surface area (Å²) in [5, 5.41) is 18.7. The van der Waals surface area contributed by atoms with Crippen LogP contribution in [0.15, 0.2) is 38.0 Å². The monoisotopic (exact) mass is 524 g/mol. The first kappa shape index (κ1) is 22.8. The van der Waals surface area contributed by atoms with Crippen LogP contribution >= 0.6 is 39.0 Å². The molecule has 166 valence electrons. The van der Waals surface area contributed by atoms with E-state index in [4.69, 9.17) is 9.47 Å². The molecule has 31 heavy (non-hydrogen) atoms. The summed E-state index contributed by atoms with van der Waals surface area (Å²) in [7, 11) is 0. The zero-order chi connectivity index (χ0) is 22.1. The minimum atomic E-state index is -0.732. The van der Waals surface area contributed by atoms with E-state index in [0.29, 0.717) is 31.5 Å². The van der Waals surface area contributed by atoms with Crippen molar-refractivity contribution in [3.05, 3.63) is 33.7 Å². The number of phenols is 1. The number of benzene rings is 1. The first-order chi connectivity index (χ1) is 14.8. The van der Waals surface area contributed by atoms with Crippen LogP contribution < -0.4 is 0 Å². The quantitative estimate of drug-likeness (QED) is 0.466. The van der Waals surface area contributed by atoms with Crippen LogP contribution in [-0.2, 0) is 14.3 Å². The molecule has 2 aromatic rings. The van der Waals surface area contributed by atoms with Gasteiger partial charge in [0.1, 0.15) is 15.2 Å². The predicted octanol–water partition coefficient (Wildman–Crippen LogP) is 5.97. The van der Waals surface area contributed by atoms with Crippen molar-refractivity contribution in [1.82, 2.24) is 10.2 Å². The fourth-order valence-corrected chi connectivity index (χ4v) is 6.51. The maximum absolute atomic E-state index is 12.3. The maximum Gasteiger partial charge on any atom is 0.348 e. The number of halogens is 1. The molecule has 1 aliphatic heterocycles. The second-order valence-electron chi connectivity index (χ2n) is 8.44. The molecule has 9 heteroatoms. The van der Waals surface area contributed by atoms with Crippen molar-refractivity contribution in [1.29, 1.82) is 0 Å². The lowest BCUT2D eigenvalue weighted by molar-refractivity contribution is -0.179. The number of carbonyl (C=O) groups is 1. The number of thioether (sulfide) groups is 1. The Morgan fingerprint density at radius 3 is 2.71 bits per heavy atom. The van der Waals surface area contributed by atoms with Gasteiger partial charge in [-0.05, 0) is 70.8 Å². The molecule has 4 rings (SSSR count). The minimum absolute atomic E-state index is 0.0533. The van der Waals surface area contributed by atoms with Gasteiger partial charge in [-0.15, -0.1) is 10.2 Å². The number of carbonyl (C=O) groups excluding carboxylic acids is 1. The zero-order valence-corrected chi connectivity index (χ0v) is 20.8. The Labute approximate surface area is 198 Å². The number of hydrogen-bond acceptors (Lipinski definition) is 8. The van der Waals surface area contributed by atoms with Gasteiger partial charge in [-0.3, -0.25) is 0 Å². The first-order valence-corrected chi connectivity index (χ1v) is 12.8. The van der Waals surface area contributed by atoms with Crippen molar-refractivity contribution in [3.8, 4) is 16.3 Å². The van der Waals surface area contributed by atoms with Crippen LogP contribution in [0.2, 0.25) is 0 Å². The number of esters is 1. The Morgan fingerprint density at radius 2 is 2.00 bits per heavy atom. The van der Waals surface area contributed by atoms with Gasteiger partial charge >= 0.3 is 5.97 Å². The molecule has 3 unspecified atom stereocenters. The van der Waals surface area contributed by atoms with E-state index in [0.717, 1.165) is 23.4 Å². The number of rotatable bonds is 6. The second kappa shape index (κ2) is 9.60. The summed E-state index contributed by atoms with van der Waals surface area (Å²) in [6, 6.07) is 6.83. The summed E-state index contributed by atoms with van der Waals surface area (Å²) >= 11 is 6.15. The van der Waals surface area contributed by atoms with Gasteiger partial charge in [-0.25, -0.2) is 4.79 Å². The highest BCUT2D eigenvalue weighted by atomic mass is 79.9. The van der Waals surface area contributed by atoms with E-state index >= 15 is 0 Å². The lowest BCUT2D eigenvalue weighted by Gasteiger charge is -2.38. The number of hydrogen-bond donors (Lipinski definition) is 1. The molecule has 2 heterocycles. The summed E-state index contributed by atoms with van der Waals surface area (Å²) < 4.78 is 13.0. The third kappa shape index (κ3) is 5.16. The van der Waals surface area contributed by atoms with Crippen molar-refractivity contribution in [3.63, 3.8) is 0 Å². The number of ether oxygens (including phenoxy) is 2. The van der Waals surface area contributed by atoms with Crippen molar-refractivity contribution in [2.75, 3.05) is 0 Å². The Bertz CT molecular complexity index is 976. The normalized spacial score (nSPS) is 26.5. The van der Waals surface area contributed by atoms with Gasteiger partial charge in [0.05, 0.1) is 11.0 Å². The van der Waals surface area contributed by atoms with Crippen LogP contribution in [0.25, 0.3) is 10.6 Å². The standard InChI is InChI=1S/C22H25BrN2O4S2/c1-11(2)15-9-4-12(3)10-16(15)28-21-18(17(23)20(27)29-21)30-22-25-24-19(31-22)13-5-7-14(26)8-6-13/h5-8,11-12,15-16,21,26H,4,9-10H2,1-3H3/t12?,15?,16?,21-/m0/s1. The third-order valence-corrected chi connectivity index (χ3v) is 8.95. The third-order valence-electron chi connectivity index (χ3n) is 5.80. The van der Waals surface area contributed by atoms with Crippen molar-refractivity contribution < 1.29 is 19.4 Å². The van der Waals surface area contributed by atoms with Gasteiger partial charge < -0.3 is 14.6 Å². The van der Waals surface area contributed by atoms with E-state index in [1.165, 1.54) is 29.5 Å². The van der Waals surface area contributed by atoms with Gasteiger partial charge in [-0.1, -0.05) is 50.3 Å². The van der Waals surface area contributed by atoms with E-state index in [2.05, 4.69) is 46.9 Å². The van der Waals surface area contributed by atoms with Crippen LogP contribution in [-0.4, -0.2) is 33.7 Å². The predicted molar refractivity (Wildman–Crippen MR) is 125 cm³/mol. The van der Waals surface area contributed by atoms with Crippen molar-refractivity contribution in [2.24, 2.45) is 17.8 Å². The van der Waals surface area contributed by atoms with Crippen LogP contribution in [0.1, 0.15) is 40.0 Å². The molecular formula is C22H25BrN2O4S2. The Hall–Kier alpha value is -1.42. The molecular weight excluding hydrogens is 500 g/mol. The largest absolute Gasteiger partial charge is 0.508 e. The molecule has 1 saturated carbocycles. The molecule has 1 aromatic carbocycles. The molecule has 6 nitrogen and oxygen atoms in total. The summed E-state index contributed by atoms with van der Waals surface area (Å²) in [5.41, 5.74) is 0.873. The summed E-state index contributed by atoms with van der Waals surface area (Å²) in [6.45, 7) is 6.71. The average Bonchev–Trinajstić information content (AvgIpc) is 3.29. The molecule has 1 aromatic heterocycles. The van der Waals surface area contributed by atoms with Crippen LogP contribution in [0.5, 0.6) is 5.75 Å². The topological polar surface area (TPSA) is 81.5 Å². The molecule has 0 radical (unpaired) electrons. The van der Waals surface area contributed by atoms with Gasteiger partial charge in [-0.2, -0.15) is 0 Å². The van der Waals surface area contributed by atoms with Crippen molar-refractivity contribution in [2.45, 2.75) is 56.8 Å². The number of nitrogens with zero attached hydrogens (tertiary/aromatic N) is 2. The Kier molecular flexibility index (Phi) is 7.05. The number of aromatic hydroxyl groups is 1. The highest BCUT2D eigenvalue weighted by molar-refractivity contribution is 9.12. The van der Waals surface area contributed by atoms with Gasteiger partial charge in [0, 0.05) is 5.56 Å². The fourth-order valence-electron chi connectivity index (χ4n) is 4.08. The van der Waals surface area contributed by atoms with E-state index in [1.807, 2.05) is 0 Å². The van der Waals surface area contributed by atoms with E-state index in [-0.39, 0.29) is 11.9 Å². The molecule has 0 bridgehead atoms. The highest BCUT2D eigenvalue weighted by Gasteiger charge is 2.40. The lowest BCUT2D eigenvalue weighted by Crippen LogP contribution is -2.37. The average molecular weight is 525 g/mol. The van der Waals surface area contributed by atoms with Gasteiger partial charge in [0.2, 0.25) is 6.29 Å². The molecule has 0 spiro atoms. The van der Waals surface area contributed by atoms with Gasteiger partial charge in [0.15, 0.2) is 4.34 Å². The first-order valence-electron chi connectivity index (χ1n) is 10.4. The summed E-state index contributed by atoms with van der Waals surface area (Å²) in [5.74, 6) is 1.34. The van der Waals surface area contributed by atoms with E-state index < -0.39 is 12.3 Å². The zero-order valence-electron chi connectivity index (χ0n) is 17.6. The Morgan fingerprint density at radius 1 is 1.26 bits per heavy atom. The summed E-state index contributed by atoms with van der Waals surface area (Å²) in [4.78, 5) is 13.0. The smallest absolute Gasteiger partial charge is 0.348 e.